The number of piperidine rings is 1. The highest BCUT2D eigenvalue weighted by molar-refractivity contribution is 7.89. The summed E-state index contributed by atoms with van der Waals surface area (Å²) < 4.78 is 26.2. The van der Waals surface area contributed by atoms with Crippen molar-refractivity contribution in [2.24, 2.45) is 11.8 Å². The minimum atomic E-state index is -3.81. The summed E-state index contributed by atoms with van der Waals surface area (Å²) in [4.78, 5) is 21.4. The van der Waals surface area contributed by atoms with E-state index in [1.165, 1.54) is 22.5 Å². The number of non-ortho nitro benzene ring substituents is 1. The zero-order valence-electron chi connectivity index (χ0n) is 11.6. The number of nitrogens with one attached hydrogen (secondary N) is 1. The van der Waals surface area contributed by atoms with Gasteiger partial charge >= 0.3 is 0 Å². The van der Waals surface area contributed by atoms with Gasteiger partial charge in [0.1, 0.15) is 0 Å². The van der Waals surface area contributed by atoms with Gasteiger partial charge in [0.15, 0.2) is 0 Å². The molecule has 0 bridgehead atoms. The third kappa shape index (κ3) is 3.24. The van der Waals surface area contributed by atoms with E-state index in [1.54, 1.807) is 0 Å². The Morgan fingerprint density at radius 2 is 2.00 bits per heavy atom. The van der Waals surface area contributed by atoms with Gasteiger partial charge in [0.25, 0.3) is 5.69 Å². The normalized spacial score (nSPS) is 17.1. The molecule has 1 aromatic carbocycles. The van der Waals surface area contributed by atoms with E-state index < -0.39 is 14.9 Å². The molecular formula is C12H16N4O5S. The van der Waals surface area contributed by atoms with Crippen molar-refractivity contribution in [3.63, 3.8) is 0 Å². The number of nitro groups is 1. The highest BCUT2D eigenvalue weighted by Crippen LogP contribution is 2.25. The fraction of sp³-hybridized carbons (Fsp3) is 0.417. The lowest BCUT2D eigenvalue weighted by Crippen LogP contribution is -2.44. The van der Waals surface area contributed by atoms with Crippen molar-refractivity contribution in [2.75, 3.05) is 13.1 Å². The molecule has 1 fully saturated rings. The maximum absolute atomic E-state index is 12.5. The van der Waals surface area contributed by atoms with Crippen molar-refractivity contribution in [3.8, 4) is 0 Å². The average Bonchev–Trinajstić information content (AvgIpc) is 2.54. The monoisotopic (exact) mass is 328 g/mol. The van der Waals surface area contributed by atoms with Crippen LogP contribution < -0.4 is 11.3 Å². The van der Waals surface area contributed by atoms with Crippen LogP contribution in [0.4, 0.5) is 5.69 Å². The van der Waals surface area contributed by atoms with Crippen LogP contribution in [0.3, 0.4) is 0 Å². The summed E-state index contributed by atoms with van der Waals surface area (Å²) in [6.07, 6.45) is 0.717. The SMILES string of the molecule is NNC(=O)C1CCN(S(=O)(=O)c2cccc([N+](=O)[O-])c2)CC1. The number of hydrogen-bond donors (Lipinski definition) is 2. The van der Waals surface area contributed by atoms with Crippen LogP contribution >= 0.6 is 0 Å². The van der Waals surface area contributed by atoms with E-state index in [9.17, 15) is 23.3 Å². The Morgan fingerprint density at radius 1 is 1.36 bits per heavy atom. The van der Waals surface area contributed by atoms with Crippen LogP contribution in [0.1, 0.15) is 12.8 Å². The fourth-order valence-corrected chi connectivity index (χ4v) is 3.89. The summed E-state index contributed by atoms with van der Waals surface area (Å²) in [5.74, 6) is 4.43. The predicted octanol–water partition coefficient (Wildman–Crippen LogP) is -0.0146. The Hall–Kier alpha value is -2.04. The van der Waals surface area contributed by atoms with Gasteiger partial charge in [-0.15, -0.1) is 0 Å². The Labute approximate surface area is 127 Å². The first-order chi connectivity index (χ1) is 10.4. The quantitative estimate of drug-likeness (QED) is 0.345. The topological polar surface area (TPSA) is 136 Å². The number of rotatable bonds is 4. The van der Waals surface area contributed by atoms with E-state index in [4.69, 9.17) is 5.84 Å². The molecule has 3 N–H and O–H groups in total. The first kappa shape index (κ1) is 16.3. The summed E-state index contributed by atoms with van der Waals surface area (Å²) in [6, 6.07) is 4.92. The third-order valence-corrected chi connectivity index (χ3v) is 5.53. The second-order valence-electron chi connectivity index (χ2n) is 4.94. The molecule has 1 heterocycles. The number of carbonyl (C=O) groups excluding carboxylic acids is 1. The lowest BCUT2D eigenvalue weighted by atomic mass is 9.98. The number of benzene rings is 1. The Kier molecular flexibility index (Phi) is 4.74. The molecule has 1 amide bonds. The van der Waals surface area contributed by atoms with Crippen LogP contribution in [-0.2, 0) is 14.8 Å². The first-order valence-corrected chi connectivity index (χ1v) is 8.05. The lowest BCUT2D eigenvalue weighted by molar-refractivity contribution is -0.385. The zero-order chi connectivity index (χ0) is 16.3. The van der Waals surface area contributed by atoms with Crippen molar-refractivity contribution in [2.45, 2.75) is 17.7 Å². The van der Waals surface area contributed by atoms with E-state index in [0.29, 0.717) is 12.8 Å². The van der Waals surface area contributed by atoms with Crippen molar-refractivity contribution in [3.05, 3.63) is 34.4 Å². The van der Waals surface area contributed by atoms with Crippen molar-refractivity contribution in [1.29, 1.82) is 0 Å². The van der Waals surface area contributed by atoms with Crippen LogP contribution in [0.25, 0.3) is 0 Å². The minimum absolute atomic E-state index is 0.122. The number of amides is 1. The van der Waals surface area contributed by atoms with Crippen molar-refractivity contribution in [1.82, 2.24) is 9.73 Å². The summed E-state index contributed by atoms with van der Waals surface area (Å²) in [5, 5.41) is 10.7. The van der Waals surface area contributed by atoms with E-state index in [0.717, 1.165) is 6.07 Å². The van der Waals surface area contributed by atoms with Gasteiger partial charge in [-0.2, -0.15) is 4.31 Å². The number of nitrogens with two attached hydrogens (primary N) is 1. The Morgan fingerprint density at radius 3 is 2.55 bits per heavy atom. The van der Waals surface area contributed by atoms with E-state index in [1.807, 2.05) is 0 Å². The van der Waals surface area contributed by atoms with E-state index in [-0.39, 0.29) is 35.5 Å². The number of hydrazine groups is 1. The van der Waals surface area contributed by atoms with Gasteiger partial charge in [-0.25, -0.2) is 14.3 Å². The molecule has 0 saturated carbocycles. The number of nitrogens with zero attached hydrogens (tertiary/aromatic N) is 2. The highest BCUT2D eigenvalue weighted by Gasteiger charge is 2.32. The molecule has 0 radical (unpaired) electrons. The fourth-order valence-electron chi connectivity index (χ4n) is 2.38. The molecule has 1 aliphatic heterocycles. The molecular weight excluding hydrogens is 312 g/mol. The molecule has 1 saturated heterocycles. The molecule has 0 unspecified atom stereocenters. The lowest BCUT2D eigenvalue weighted by Gasteiger charge is -2.30. The molecule has 0 aromatic heterocycles. The Balaban J connectivity index is 2.17. The minimum Gasteiger partial charge on any atom is -0.294 e. The van der Waals surface area contributed by atoms with Gasteiger partial charge in [0, 0.05) is 31.1 Å². The van der Waals surface area contributed by atoms with E-state index >= 15 is 0 Å². The van der Waals surface area contributed by atoms with Gasteiger partial charge in [-0.05, 0) is 18.9 Å². The largest absolute Gasteiger partial charge is 0.294 e. The first-order valence-electron chi connectivity index (χ1n) is 6.61. The second kappa shape index (κ2) is 6.38. The average molecular weight is 328 g/mol. The molecule has 0 aliphatic carbocycles. The van der Waals surface area contributed by atoms with Crippen LogP contribution in [0.2, 0.25) is 0 Å². The summed E-state index contributed by atoms with van der Waals surface area (Å²) >= 11 is 0. The highest BCUT2D eigenvalue weighted by atomic mass is 32.2. The molecule has 10 heteroatoms. The van der Waals surface area contributed by atoms with Gasteiger partial charge < -0.3 is 0 Å². The van der Waals surface area contributed by atoms with Gasteiger partial charge in [0.05, 0.1) is 9.82 Å². The molecule has 1 aliphatic rings. The summed E-state index contributed by atoms with van der Waals surface area (Å²) in [7, 11) is -3.81. The molecule has 9 nitrogen and oxygen atoms in total. The number of sulfonamides is 1. The molecule has 0 atom stereocenters. The van der Waals surface area contributed by atoms with Crippen LogP contribution in [-0.4, -0.2) is 36.6 Å². The predicted molar refractivity (Wildman–Crippen MR) is 76.9 cm³/mol. The van der Waals surface area contributed by atoms with Gasteiger partial charge in [-0.1, -0.05) is 6.07 Å². The van der Waals surface area contributed by atoms with Crippen LogP contribution in [0, 0.1) is 16.0 Å². The smallest absolute Gasteiger partial charge is 0.270 e. The molecule has 120 valence electrons. The maximum Gasteiger partial charge on any atom is 0.270 e. The Bertz CT molecular complexity index is 683. The maximum atomic E-state index is 12.5. The molecule has 0 spiro atoms. The van der Waals surface area contributed by atoms with Gasteiger partial charge in [0.2, 0.25) is 15.9 Å². The molecule has 2 rings (SSSR count). The second-order valence-corrected chi connectivity index (χ2v) is 6.88. The number of carbonyl (C=O) groups is 1. The molecule has 1 aromatic rings. The number of nitro benzene ring substituents is 1. The third-order valence-electron chi connectivity index (χ3n) is 3.63. The number of hydrogen-bond acceptors (Lipinski definition) is 6. The summed E-state index contributed by atoms with van der Waals surface area (Å²) in [6.45, 7) is 0.340. The molecule has 22 heavy (non-hydrogen) atoms. The van der Waals surface area contributed by atoms with E-state index in [2.05, 4.69) is 5.43 Å². The van der Waals surface area contributed by atoms with Crippen LogP contribution in [0.15, 0.2) is 29.2 Å². The van der Waals surface area contributed by atoms with Gasteiger partial charge in [-0.3, -0.25) is 20.3 Å². The summed E-state index contributed by atoms with van der Waals surface area (Å²) in [5.41, 5.74) is 1.78. The van der Waals surface area contributed by atoms with Crippen molar-refractivity contribution < 1.29 is 18.1 Å². The standard InChI is InChI=1S/C12H16N4O5S/c13-14-12(17)9-4-6-15(7-5-9)22(20,21)11-3-1-2-10(8-11)16(18)19/h1-3,8-9H,4-7,13H2,(H,14,17). The zero-order valence-corrected chi connectivity index (χ0v) is 12.5. The van der Waals surface area contributed by atoms with Crippen molar-refractivity contribution >= 4 is 21.6 Å². The van der Waals surface area contributed by atoms with Crippen LogP contribution in [0.5, 0.6) is 0 Å².